The van der Waals surface area contributed by atoms with Crippen LogP contribution >= 0.6 is 0 Å². The number of hydrogen-bond donors (Lipinski definition) is 2. The number of aromatic nitrogens is 4. The summed E-state index contributed by atoms with van der Waals surface area (Å²) in [5.74, 6) is 0.454. The van der Waals surface area contributed by atoms with E-state index in [1.807, 2.05) is 7.05 Å². The van der Waals surface area contributed by atoms with Gasteiger partial charge in [-0.3, -0.25) is 4.79 Å². The molecule has 1 amide bonds. The third kappa shape index (κ3) is 2.62. The quantitative estimate of drug-likeness (QED) is 0.804. The average molecular weight is 246 g/mol. The Labute approximate surface area is 104 Å². The second-order valence-corrected chi connectivity index (χ2v) is 3.72. The number of hydrogen-bond acceptors (Lipinski definition) is 5. The smallest absolute Gasteiger partial charge is 0.270 e. The molecule has 0 aliphatic carbocycles. The van der Waals surface area contributed by atoms with Gasteiger partial charge in [-0.15, -0.1) is 10.2 Å². The maximum atomic E-state index is 11.8. The third-order valence-corrected chi connectivity index (χ3v) is 2.50. The SMILES string of the molecule is CNc1ccc(C(=O)NCc2nncn2C)nc1. The van der Waals surface area contributed by atoms with Gasteiger partial charge in [0.15, 0.2) is 5.82 Å². The molecule has 7 nitrogen and oxygen atoms in total. The molecule has 0 fully saturated rings. The van der Waals surface area contributed by atoms with Crippen LogP contribution in [0.4, 0.5) is 5.69 Å². The van der Waals surface area contributed by atoms with Crippen molar-refractivity contribution in [2.24, 2.45) is 7.05 Å². The Balaban J connectivity index is 1.97. The summed E-state index contributed by atoms with van der Waals surface area (Å²) in [6, 6.07) is 3.46. The Hall–Kier alpha value is -2.44. The molecular formula is C11H14N6O. The van der Waals surface area contributed by atoms with Gasteiger partial charge in [0, 0.05) is 14.1 Å². The van der Waals surface area contributed by atoms with E-state index >= 15 is 0 Å². The lowest BCUT2D eigenvalue weighted by molar-refractivity contribution is 0.0944. The Morgan fingerprint density at radius 2 is 2.28 bits per heavy atom. The normalized spacial score (nSPS) is 10.1. The highest BCUT2D eigenvalue weighted by Gasteiger charge is 2.08. The van der Waals surface area contributed by atoms with Crippen molar-refractivity contribution in [1.82, 2.24) is 25.1 Å². The summed E-state index contributed by atoms with van der Waals surface area (Å²) in [6.45, 7) is 0.324. The fourth-order valence-electron chi connectivity index (χ4n) is 1.39. The molecule has 7 heteroatoms. The molecule has 0 spiro atoms. The molecule has 0 aliphatic heterocycles. The first-order valence-electron chi connectivity index (χ1n) is 5.45. The number of rotatable bonds is 4. The van der Waals surface area contributed by atoms with E-state index < -0.39 is 0 Å². The van der Waals surface area contributed by atoms with Crippen molar-refractivity contribution >= 4 is 11.6 Å². The largest absolute Gasteiger partial charge is 0.387 e. The number of amides is 1. The first kappa shape index (κ1) is 12.0. The number of nitrogens with one attached hydrogen (secondary N) is 2. The van der Waals surface area contributed by atoms with Crippen LogP contribution in [0.15, 0.2) is 24.7 Å². The minimum Gasteiger partial charge on any atom is -0.387 e. The van der Waals surface area contributed by atoms with Crippen LogP contribution in [0.5, 0.6) is 0 Å². The van der Waals surface area contributed by atoms with Crippen molar-refractivity contribution in [1.29, 1.82) is 0 Å². The molecule has 0 bridgehead atoms. The molecule has 0 unspecified atom stereocenters. The van der Waals surface area contributed by atoms with Gasteiger partial charge < -0.3 is 15.2 Å². The molecule has 2 aromatic heterocycles. The molecule has 94 valence electrons. The summed E-state index contributed by atoms with van der Waals surface area (Å²) in [6.07, 6.45) is 3.19. The van der Waals surface area contributed by atoms with E-state index in [0.717, 1.165) is 5.69 Å². The topological polar surface area (TPSA) is 84.7 Å². The van der Waals surface area contributed by atoms with Gasteiger partial charge in [0.05, 0.1) is 18.4 Å². The molecule has 2 N–H and O–H groups in total. The zero-order valence-corrected chi connectivity index (χ0v) is 10.2. The van der Waals surface area contributed by atoms with Crippen LogP contribution in [0.2, 0.25) is 0 Å². The molecule has 0 saturated carbocycles. The fraction of sp³-hybridized carbons (Fsp3) is 0.273. The maximum absolute atomic E-state index is 11.8. The summed E-state index contributed by atoms with van der Waals surface area (Å²) < 4.78 is 1.75. The summed E-state index contributed by atoms with van der Waals surface area (Å²) in [5, 5.41) is 13.3. The molecule has 2 aromatic rings. The van der Waals surface area contributed by atoms with E-state index in [0.29, 0.717) is 18.1 Å². The molecule has 0 aliphatic rings. The molecule has 0 radical (unpaired) electrons. The van der Waals surface area contributed by atoms with Crippen molar-refractivity contribution in [3.63, 3.8) is 0 Å². The molecule has 0 atom stereocenters. The van der Waals surface area contributed by atoms with Gasteiger partial charge in [0.25, 0.3) is 5.91 Å². The van der Waals surface area contributed by atoms with Crippen molar-refractivity contribution in [3.8, 4) is 0 Å². The molecule has 0 aromatic carbocycles. The van der Waals surface area contributed by atoms with Crippen LogP contribution in [0.1, 0.15) is 16.3 Å². The number of aryl methyl sites for hydroxylation is 1. The number of carbonyl (C=O) groups is 1. The van der Waals surface area contributed by atoms with E-state index in [-0.39, 0.29) is 5.91 Å². The van der Waals surface area contributed by atoms with Crippen LogP contribution in [0.25, 0.3) is 0 Å². The van der Waals surface area contributed by atoms with Gasteiger partial charge >= 0.3 is 0 Å². The molecule has 2 rings (SSSR count). The van der Waals surface area contributed by atoms with Gasteiger partial charge in [0.2, 0.25) is 0 Å². The second-order valence-electron chi connectivity index (χ2n) is 3.72. The summed E-state index contributed by atoms with van der Waals surface area (Å²) in [4.78, 5) is 15.9. The van der Waals surface area contributed by atoms with Crippen LogP contribution in [0.3, 0.4) is 0 Å². The first-order chi connectivity index (χ1) is 8.70. The van der Waals surface area contributed by atoms with E-state index in [4.69, 9.17) is 0 Å². The zero-order valence-electron chi connectivity index (χ0n) is 10.2. The number of pyridine rings is 1. The molecular weight excluding hydrogens is 232 g/mol. The van der Waals surface area contributed by atoms with Crippen LogP contribution in [-0.4, -0.2) is 32.7 Å². The Morgan fingerprint density at radius 3 is 2.83 bits per heavy atom. The monoisotopic (exact) mass is 246 g/mol. The van der Waals surface area contributed by atoms with Crippen LogP contribution in [0, 0.1) is 0 Å². The Kier molecular flexibility index (Phi) is 3.52. The minimum absolute atomic E-state index is 0.236. The van der Waals surface area contributed by atoms with Crippen molar-refractivity contribution in [2.45, 2.75) is 6.54 Å². The standard InChI is InChI=1S/C11H14N6O/c1-12-8-3-4-9(13-5-8)11(18)14-6-10-16-15-7-17(10)2/h3-5,7,12H,6H2,1-2H3,(H,14,18). The predicted molar refractivity (Wildman–Crippen MR) is 66.0 cm³/mol. The number of nitrogens with zero attached hydrogens (tertiary/aromatic N) is 4. The van der Waals surface area contributed by atoms with E-state index in [9.17, 15) is 4.79 Å². The average Bonchev–Trinajstić information content (AvgIpc) is 2.81. The predicted octanol–water partition coefficient (Wildman–Crippen LogP) is 0.182. The Morgan fingerprint density at radius 1 is 1.44 bits per heavy atom. The lowest BCUT2D eigenvalue weighted by Gasteiger charge is -2.05. The second kappa shape index (κ2) is 5.26. The molecule has 0 saturated heterocycles. The third-order valence-electron chi connectivity index (χ3n) is 2.50. The fourth-order valence-corrected chi connectivity index (χ4v) is 1.39. The van der Waals surface area contributed by atoms with Gasteiger partial charge in [-0.05, 0) is 12.1 Å². The number of carbonyl (C=O) groups excluding carboxylic acids is 1. The van der Waals surface area contributed by atoms with Crippen molar-refractivity contribution < 1.29 is 4.79 Å². The van der Waals surface area contributed by atoms with Gasteiger partial charge in [-0.1, -0.05) is 0 Å². The first-order valence-corrected chi connectivity index (χ1v) is 5.45. The van der Waals surface area contributed by atoms with Gasteiger partial charge in [-0.2, -0.15) is 0 Å². The number of anilines is 1. The molecule has 2 heterocycles. The van der Waals surface area contributed by atoms with Crippen molar-refractivity contribution in [2.75, 3.05) is 12.4 Å². The maximum Gasteiger partial charge on any atom is 0.270 e. The highest BCUT2D eigenvalue weighted by atomic mass is 16.1. The summed E-state index contributed by atoms with van der Waals surface area (Å²) >= 11 is 0. The summed E-state index contributed by atoms with van der Waals surface area (Å²) in [7, 11) is 3.62. The lowest BCUT2D eigenvalue weighted by atomic mass is 10.3. The highest BCUT2D eigenvalue weighted by Crippen LogP contribution is 2.04. The van der Waals surface area contributed by atoms with Gasteiger partial charge in [0.1, 0.15) is 12.0 Å². The Bertz CT molecular complexity index is 533. The van der Waals surface area contributed by atoms with Crippen molar-refractivity contribution in [3.05, 3.63) is 36.2 Å². The minimum atomic E-state index is -0.236. The van der Waals surface area contributed by atoms with Crippen LogP contribution in [-0.2, 0) is 13.6 Å². The van der Waals surface area contributed by atoms with E-state index in [1.54, 1.807) is 36.3 Å². The molecule has 18 heavy (non-hydrogen) atoms. The van der Waals surface area contributed by atoms with Gasteiger partial charge in [-0.25, -0.2) is 4.98 Å². The summed E-state index contributed by atoms with van der Waals surface area (Å²) in [5.41, 5.74) is 1.23. The van der Waals surface area contributed by atoms with E-state index in [1.165, 1.54) is 0 Å². The highest BCUT2D eigenvalue weighted by molar-refractivity contribution is 5.92. The zero-order chi connectivity index (χ0) is 13.0. The lowest BCUT2D eigenvalue weighted by Crippen LogP contribution is -2.25. The van der Waals surface area contributed by atoms with E-state index in [2.05, 4.69) is 25.8 Å². The van der Waals surface area contributed by atoms with Crippen LogP contribution < -0.4 is 10.6 Å².